The van der Waals surface area contributed by atoms with Crippen molar-refractivity contribution in [2.24, 2.45) is 0 Å². The molecule has 2 unspecified atom stereocenters. The normalized spacial score (nSPS) is 23.5. The van der Waals surface area contributed by atoms with Gasteiger partial charge >= 0.3 is 6.09 Å². The fourth-order valence-corrected chi connectivity index (χ4v) is 7.85. The monoisotopic (exact) mass is 673 g/mol. The summed E-state index contributed by atoms with van der Waals surface area (Å²) in [6, 6.07) is 11.9. The Labute approximate surface area is 285 Å². The molecule has 49 heavy (non-hydrogen) atoms. The smallest absolute Gasteiger partial charge is 0.414 e. The van der Waals surface area contributed by atoms with Crippen molar-refractivity contribution in [3.8, 4) is 17.2 Å². The Morgan fingerprint density at radius 1 is 1.00 bits per heavy atom. The predicted octanol–water partition coefficient (Wildman–Crippen LogP) is 6.23. The van der Waals surface area contributed by atoms with E-state index in [9.17, 15) is 24.6 Å². The highest BCUT2D eigenvalue weighted by Crippen LogP contribution is 2.45. The first-order chi connectivity index (χ1) is 23.8. The number of aromatic hydroxyl groups is 1. The summed E-state index contributed by atoms with van der Waals surface area (Å²) in [6.07, 6.45) is 2.53. The van der Waals surface area contributed by atoms with E-state index in [1.807, 2.05) is 24.3 Å². The lowest BCUT2D eigenvalue weighted by atomic mass is 9.95. The number of amides is 3. The minimum atomic E-state index is -1.25. The number of carbonyl (C=O) groups is 3. The lowest BCUT2D eigenvalue weighted by Crippen LogP contribution is -2.57. The third-order valence-corrected chi connectivity index (χ3v) is 10.2. The van der Waals surface area contributed by atoms with Crippen molar-refractivity contribution in [3.63, 3.8) is 0 Å². The third-order valence-electron chi connectivity index (χ3n) is 10.2. The fourth-order valence-electron chi connectivity index (χ4n) is 7.85. The number of hydrogen-bond donors (Lipinski definition) is 2. The van der Waals surface area contributed by atoms with Crippen LogP contribution in [0, 0.1) is 0 Å². The van der Waals surface area contributed by atoms with Crippen LogP contribution in [-0.2, 0) is 14.3 Å². The molecular weight excluding hydrogens is 630 g/mol. The molecule has 12 nitrogen and oxygen atoms in total. The highest BCUT2D eigenvalue weighted by molar-refractivity contribution is 6.06. The van der Waals surface area contributed by atoms with Gasteiger partial charge in [-0.2, -0.15) is 0 Å². The zero-order chi connectivity index (χ0) is 34.2. The van der Waals surface area contributed by atoms with Crippen LogP contribution in [0.5, 0.6) is 17.2 Å². The van der Waals surface area contributed by atoms with Gasteiger partial charge in [-0.1, -0.05) is 31.2 Å². The molecule has 2 saturated heterocycles. The largest absolute Gasteiger partial charge is 0.507 e. The number of benzene rings is 3. The van der Waals surface area contributed by atoms with Gasteiger partial charge in [0.05, 0.1) is 36.7 Å². The highest BCUT2D eigenvalue weighted by Gasteiger charge is 2.46. The van der Waals surface area contributed by atoms with Gasteiger partial charge in [-0.3, -0.25) is 9.59 Å². The lowest BCUT2D eigenvalue weighted by Gasteiger charge is -2.42. The number of rotatable bonds is 8. The van der Waals surface area contributed by atoms with E-state index < -0.39 is 24.7 Å². The first-order valence-electron chi connectivity index (χ1n) is 17.3. The first kappa shape index (κ1) is 33.0. The number of methoxy groups -OCH3 is 1. The van der Waals surface area contributed by atoms with Crippen LogP contribution in [0.2, 0.25) is 0 Å². The summed E-state index contributed by atoms with van der Waals surface area (Å²) < 4.78 is 24.0. The Morgan fingerprint density at radius 2 is 1.80 bits per heavy atom. The minimum absolute atomic E-state index is 0.0815. The van der Waals surface area contributed by atoms with E-state index in [0.29, 0.717) is 39.0 Å². The number of carbonyl (C=O) groups excluding carboxylic acids is 2. The van der Waals surface area contributed by atoms with Crippen molar-refractivity contribution >= 4 is 40.1 Å². The highest BCUT2D eigenvalue weighted by atomic mass is 16.7. The summed E-state index contributed by atoms with van der Waals surface area (Å²) in [6.45, 7) is 3.78. The van der Waals surface area contributed by atoms with Crippen LogP contribution >= 0.6 is 0 Å². The van der Waals surface area contributed by atoms with Crippen LogP contribution in [0.15, 0.2) is 42.5 Å². The maximum atomic E-state index is 14.0. The molecule has 2 N–H and O–H groups in total. The number of nitrogens with zero attached hydrogens (tertiary/aromatic N) is 3. The summed E-state index contributed by atoms with van der Waals surface area (Å²) in [4.78, 5) is 45.0. The van der Waals surface area contributed by atoms with Crippen LogP contribution < -0.4 is 19.3 Å². The molecule has 3 amide bonds. The van der Waals surface area contributed by atoms with Crippen LogP contribution in [0.1, 0.15) is 80.1 Å². The molecule has 4 atom stereocenters. The second kappa shape index (κ2) is 13.8. The van der Waals surface area contributed by atoms with Crippen LogP contribution in [0.25, 0.3) is 10.8 Å². The molecule has 0 aromatic heterocycles. The number of phenols is 1. The molecule has 0 spiro atoms. The quantitative estimate of drug-likeness (QED) is 0.267. The second-order valence-electron chi connectivity index (χ2n) is 13.3. The van der Waals surface area contributed by atoms with Gasteiger partial charge in [-0.25, -0.2) is 9.69 Å². The van der Waals surface area contributed by atoms with Crippen LogP contribution in [0.4, 0.5) is 16.2 Å². The molecule has 4 aliphatic heterocycles. The Bertz CT molecular complexity index is 1760. The van der Waals surface area contributed by atoms with Crippen molar-refractivity contribution in [2.75, 3.05) is 43.2 Å². The average Bonchev–Trinajstić information content (AvgIpc) is 3.41. The van der Waals surface area contributed by atoms with Gasteiger partial charge in [0.2, 0.25) is 5.91 Å². The third kappa shape index (κ3) is 6.12. The molecule has 7 rings (SSSR count). The average molecular weight is 674 g/mol. The topological polar surface area (TPSA) is 138 Å². The van der Waals surface area contributed by atoms with Crippen molar-refractivity contribution in [1.82, 2.24) is 4.90 Å². The van der Waals surface area contributed by atoms with Gasteiger partial charge in [0.15, 0.2) is 24.0 Å². The lowest BCUT2D eigenvalue weighted by molar-refractivity contribution is -0.198. The molecule has 3 aromatic carbocycles. The van der Waals surface area contributed by atoms with E-state index in [2.05, 4.69) is 6.92 Å². The number of carboxylic acid groups (broad SMARTS) is 1. The molecular formula is C37H43N3O9. The predicted molar refractivity (Wildman–Crippen MR) is 182 cm³/mol. The molecule has 4 heterocycles. The second-order valence-corrected chi connectivity index (χ2v) is 13.3. The summed E-state index contributed by atoms with van der Waals surface area (Å²) in [5.41, 5.74) is 2.14. The molecule has 0 radical (unpaired) electrons. The zero-order valence-electron chi connectivity index (χ0n) is 27.9. The first-order valence-corrected chi connectivity index (χ1v) is 17.3. The van der Waals surface area contributed by atoms with Gasteiger partial charge < -0.3 is 39.0 Å². The molecule has 0 aliphatic carbocycles. The number of phenolic OH excluding ortho intramolecular Hbond substituents is 1. The summed E-state index contributed by atoms with van der Waals surface area (Å²) in [5, 5.41) is 23.0. The number of hydrogen-bond acceptors (Lipinski definition) is 8. The Morgan fingerprint density at radius 3 is 2.55 bits per heavy atom. The zero-order valence-corrected chi connectivity index (χ0v) is 27.9. The number of ether oxygens (including phenoxy) is 4. The molecule has 0 saturated carbocycles. The maximum Gasteiger partial charge on any atom is 0.414 e. The van der Waals surface area contributed by atoms with Gasteiger partial charge in [0.25, 0.3) is 5.91 Å². The maximum absolute atomic E-state index is 14.0. The molecule has 4 aliphatic rings. The molecule has 0 bridgehead atoms. The minimum Gasteiger partial charge on any atom is -0.507 e. The van der Waals surface area contributed by atoms with Gasteiger partial charge in [0.1, 0.15) is 5.75 Å². The van der Waals surface area contributed by atoms with Crippen molar-refractivity contribution in [1.29, 1.82) is 0 Å². The molecule has 3 aromatic rings. The van der Waals surface area contributed by atoms with Gasteiger partial charge in [-0.05, 0) is 62.0 Å². The molecule has 12 heteroatoms. The van der Waals surface area contributed by atoms with Gasteiger partial charge in [-0.15, -0.1) is 0 Å². The van der Waals surface area contributed by atoms with E-state index in [1.54, 1.807) is 21.9 Å². The summed E-state index contributed by atoms with van der Waals surface area (Å²) in [7, 11) is 1.47. The molecule has 260 valence electrons. The Kier molecular flexibility index (Phi) is 9.25. The van der Waals surface area contributed by atoms with E-state index in [1.165, 1.54) is 13.2 Å². The van der Waals surface area contributed by atoms with Crippen molar-refractivity contribution in [3.05, 3.63) is 53.6 Å². The number of piperidine rings is 1. The SMILES string of the molecule is COc1cc2c(cc1OCCCC(=O)N1C[C@@H](C)c3c1cc(O)c1ccccc31)N(C(=O)O)C(OC1CCCCO1)[C@@H]1CCCCN1C2=O. The van der Waals surface area contributed by atoms with E-state index in [4.69, 9.17) is 18.9 Å². The van der Waals surface area contributed by atoms with E-state index in [0.717, 1.165) is 52.6 Å². The van der Waals surface area contributed by atoms with E-state index in [-0.39, 0.29) is 59.3 Å². The molecule has 2 fully saturated rings. The summed E-state index contributed by atoms with van der Waals surface area (Å²) >= 11 is 0. The number of fused-ring (bicyclic) bond motifs is 5. The standard InChI is InChI=1S/C37H43N3O9/c1-22-21-39(28-19-29(41)23-10-3-4-11-24(23)34(22)28)32(42)13-9-17-47-31-20-27-25(18-30(31)46-2)35(43)38-15-7-5-12-26(38)36(40(27)37(44)45)49-33-14-6-8-16-48-33/h3-4,10-11,18-20,22,26,33,36,41H,5-9,12-17,21H2,1-2H3,(H,44,45)/t22-,26+,33?,36?/m1/s1. The van der Waals surface area contributed by atoms with Crippen molar-refractivity contribution < 1.29 is 43.5 Å². The summed E-state index contributed by atoms with van der Waals surface area (Å²) in [5.74, 6) is 0.442. The van der Waals surface area contributed by atoms with E-state index >= 15 is 0 Å². The number of anilines is 2. The Balaban J connectivity index is 1.11. The van der Waals surface area contributed by atoms with Crippen LogP contribution in [-0.4, -0.2) is 85.0 Å². The Hall–Kier alpha value is -4.55. The fraction of sp³-hybridized carbons (Fsp3) is 0.486. The van der Waals surface area contributed by atoms with Crippen molar-refractivity contribution in [2.45, 2.75) is 82.8 Å². The van der Waals surface area contributed by atoms with Crippen LogP contribution in [0.3, 0.4) is 0 Å². The van der Waals surface area contributed by atoms with Gasteiger partial charge in [0, 0.05) is 49.6 Å².